The van der Waals surface area contributed by atoms with Crippen LogP contribution in [0.25, 0.3) is 0 Å². The Morgan fingerprint density at radius 2 is 2.00 bits per heavy atom. The van der Waals surface area contributed by atoms with E-state index in [-0.39, 0.29) is 25.0 Å². The Labute approximate surface area is 182 Å². The van der Waals surface area contributed by atoms with Gasteiger partial charge in [0.25, 0.3) is 5.91 Å². The fourth-order valence-corrected chi connectivity index (χ4v) is 4.06. The molecule has 1 saturated carbocycles. The molecule has 12 N–H and O–H groups in total. The number of ether oxygens (including phenoxy) is 2. The molecular weight excluding hydrogens is 411 g/mol. The molecule has 182 valence electrons. The molecule has 0 aromatic carbocycles. The van der Waals surface area contributed by atoms with Gasteiger partial charge in [0.2, 0.25) is 0 Å². The fraction of sp³-hybridized carbons (Fsp3) is 0.947. The number of nitrogens with two attached hydrogens (primary N) is 4. The van der Waals surface area contributed by atoms with Gasteiger partial charge in [-0.3, -0.25) is 4.79 Å². The van der Waals surface area contributed by atoms with Crippen molar-refractivity contribution in [1.82, 2.24) is 10.6 Å². The van der Waals surface area contributed by atoms with Crippen LogP contribution in [0.1, 0.15) is 32.1 Å². The number of hydrogen-bond donors (Lipinski definition) is 8. The van der Waals surface area contributed by atoms with Gasteiger partial charge < -0.3 is 53.3 Å². The first-order valence-electron chi connectivity index (χ1n) is 11.0. The Morgan fingerprint density at radius 1 is 1.26 bits per heavy atom. The smallest absolute Gasteiger partial charge is 0.252 e. The lowest BCUT2D eigenvalue weighted by molar-refractivity contribution is -0.247. The number of nitrogens with one attached hydrogen (secondary N) is 2. The predicted molar refractivity (Wildman–Crippen MR) is 112 cm³/mol. The van der Waals surface area contributed by atoms with E-state index in [0.29, 0.717) is 19.6 Å². The van der Waals surface area contributed by atoms with E-state index < -0.39 is 55.3 Å². The predicted octanol–water partition coefficient (Wildman–Crippen LogP) is -3.23. The summed E-state index contributed by atoms with van der Waals surface area (Å²) in [6.07, 6.45) is -3.34. The molecule has 0 aromatic heterocycles. The van der Waals surface area contributed by atoms with E-state index in [1.807, 2.05) is 0 Å². The Morgan fingerprint density at radius 3 is 2.61 bits per heavy atom. The molecule has 11 nitrogen and oxygen atoms in total. The summed E-state index contributed by atoms with van der Waals surface area (Å²) >= 11 is 0. The van der Waals surface area contributed by atoms with Gasteiger partial charge in [0.15, 0.2) is 12.4 Å². The summed E-state index contributed by atoms with van der Waals surface area (Å²) in [7, 11) is 0. The second kappa shape index (κ2) is 12.9. The highest BCUT2D eigenvalue weighted by Crippen LogP contribution is 2.27. The van der Waals surface area contributed by atoms with Crippen LogP contribution < -0.4 is 33.6 Å². The number of amides is 1. The third kappa shape index (κ3) is 7.55. The summed E-state index contributed by atoms with van der Waals surface area (Å²) in [5, 5.41) is 26.2. The third-order valence-corrected chi connectivity index (χ3v) is 5.86. The molecule has 3 unspecified atom stereocenters. The van der Waals surface area contributed by atoms with E-state index in [4.69, 9.17) is 32.4 Å². The number of halogens is 1. The monoisotopic (exact) mass is 450 g/mol. The van der Waals surface area contributed by atoms with Gasteiger partial charge in [-0.2, -0.15) is 0 Å². The largest absolute Gasteiger partial charge is 0.390 e. The minimum Gasteiger partial charge on any atom is -0.390 e. The molecule has 2 aliphatic rings. The minimum atomic E-state index is -1.86. The van der Waals surface area contributed by atoms with E-state index in [9.17, 15) is 19.4 Å². The molecular formula is C19H39FN6O5. The van der Waals surface area contributed by atoms with Crippen LogP contribution in [0.4, 0.5) is 4.39 Å². The molecule has 1 aliphatic heterocycles. The maximum Gasteiger partial charge on any atom is 0.252 e. The van der Waals surface area contributed by atoms with Gasteiger partial charge in [0.1, 0.15) is 12.3 Å². The van der Waals surface area contributed by atoms with E-state index in [1.165, 1.54) is 0 Å². The molecule has 1 amide bonds. The average molecular weight is 451 g/mol. The van der Waals surface area contributed by atoms with Crippen LogP contribution in [0.5, 0.6) is 0 Å². The zero-order valence-corrected chi connectivity index (χ0v) is 17.9. The first-order chi connectivity index (χ1) is 14.8. The molecule has 31 heavy (non-hydrogen) atoms. The van der Waals surface area contributed by atoms with E-state index in [0.717, 1.165) is 19.3 Å². The molecule has 2 fully saturated rings. The third-order valence-electron chi connectivity index (χ3n) is 5.86. The van der Waals surface area contributed by atoms with E-state index >= 15 is 0 Å². The first kappa shape index (κ1) is 26.3. The first-order valence-corrected chi connectivity index (χ1v) is 11.0. The molecule has 9 atom stereocenters. The molecule has 0 radical (unpaired) electrons. The van der Waals surface area contributed by atoms with Crippen molar-refractivity contribution in [3.63, 3.8) is 0 Å². The summed E-state index contributed by atoms with van der Waals surface area (Å²) in [5.74, 6) is -0.882. The molecule has 0 spiro atoms. The summed E-state index contributed by atoms with van der Waals surface area (Å²) < 4.78 is 25.5. The van der Waals surface area contributed by atoms with Crippen LogP contribution in [0.2, 0.25) is 0 Å². The molecule has 12 heteroatoms. The van der Waals surface area contributed by atoms with Crippen molar-refractivity contribution in [3.05, 3.63) is 0 Å². The van der Waals surface area contributed by atoms with Gasteiger partial charge >= 0.3 is 0 Å². The number of rotatable bonds is 11. The topological polar surface area (TPSA) is 204 Å². The van der Waals surface area contributed by atoms with Gasteiger partial charge in [-0.05, 0) is 45.2 Å². The van der Waals surface area contributed by atoms with E-state index in [1.54, 1.807) is 0 Å². The minimum absolute atomic E-state index is 0.0842. The van der Waals surface area contributed by atoms with Crippen LogP contribution in [0.15, 0.2) is 0 Å². The summed E-state index contributed by atoms with van der Waals surface area (Å²) in [6.45, 7) is 1.18. The molecule has 1 heterocycles. The van der Waals surface area contributed by atoms with E-state index in [2.05, 4.69) is 10.6 Å². The lowest BCUT2D eigenvalue weighted by atomic mass is 9.86. The summed E-state index contributed by atoms with van der Waals surface area (Å²) in [4.78, 5) is 12.0. The highest BCUT2D eigenvalue weighted by Gasteiger charge is 2.41. The van der Waals surface area contributed by atoms with Crippen LogP contribution in [0.3, 0.4) is 0 Å². The van der Waals surface area contributed by atoms with Crippen LogP contribution in [-0.2, 0) is 14.3 Å². The quantitative estimate of drug-likeness (QED) is 0.148. The highest BCUT2D eigenvalue weighted by atomic mass is 19.1. The Balaban J connectivity index is 1.94. The van der Waals surface area contributed by atoms with Crippen molar-refractivity contribution in [2.75, 3.05) is 26.2 Å². The zero-order chi connectivity index (χ0) is 23.0. The molecule has 1 aliphatic carbocycles. The van der Waals surface area contributed by atoms with Crippen molar-refractivity contribution in [3.8, 4) is 0 Å². The number of aliphatic hydroxyl groups is 2. The number of carbonyl (C=O) groups is 1. The van der Waals surface area contributed by atoms with Gasteiger partial charge in [-0.25, -0.2) is 4.39 Å². The van der Waals surface area contributed by atoms with Crippen LogP contribution in [-0.4, -0.2) is 97.3 Å². The number of alkyl halides is 1. The Hall–Kier alpha value is -0.960. The molecule has 1 saturated heterocycles. The SMILES string of the molecule is NCCCN[C@@H]1CC[C@@H](CN)O[C@@H]1OC1[C@H](O)C[C@H](NC(=O)C(O)C(F)CN)C[C@@H]1N. The van der Waals surface area contributed by atoms with Crippen molar-refractivity contribution in [2.24, 2.45) is 22.9 Å². The number of carbonyl (C=O) groups excluding carboxylic acids is 1. The molecule has 0 bridgehead atoms. The maximum absolute atomic E-state index is 13.4. The van der Waals surface area contributed by atoms with Crippen molar-refractivity contribution >= 4 is 5.91 Å². The normalized spacial score (nSPS) is 36.0. The lowest BCUT2D eigenvalue weighted by Gasteiger charge is -2.43. The average Bonchev–Trinajstić information content (AvgIpc) is 2.75. The van der Waals surface area contributed by atoms with Crippen molar-refractivity contribution in [1.29, 1.82) is 0 Å². The fourth-order valence-electron chi connectivity index (χ4n) is 4.06. The van der Waals surface area contributed by atoms with Crippen LogP contribution >= 0.6 is 0 Å². The second-order valence-electron chi connectivity index (χ2n) is 8.35. The summed E-state index contributed by atoms with van der Waals surface area (Å²) in [5.41, 5.74) is 22.7. The standard InChI is InChI=1S/C19H39FN6O5/c20-12(9-23)16(28)18(29)26-10-6-13(24)17(15(27)7-10)31-19-14(25-5-1-4-21)3-2-11(8-22)30-19/h10-17,19,25,27-28H,1-9,21-24H2,(H,26,29)/t10-,11+,12?,13+,14-,15-,16?,17?,19-/m1/s1. The second-order valence-corrected chi connectivity index (χ2v) is 8.35. The molecule has 0 aromatic rings. The van der Waals surface area contributed by atoms with Gasteiger partial charge in [-0.1, -0.05) is 0 Å². The summed E-state index contributed by atoms with van der Waals surface area (Å²) in [6, 6.07) is -1.22. The Bertz CT molecular complexity index is 536. The van der Waals surface area contributed by atoms with Gasteiger partial charge in [0, 0.05) is 25.2 Å². The maximum atomic E-state index is 13.4. The van der Waals surface area contributed by atoms with Gasteiger partial charge in [0.05, 0.1) is 18.2 Å². The zero-order valence-electron chi connectivity index (χ0n) is 17.9. The van der Waals surface area contributed by atoms with Gasteiger partial charge in [-0.15, -0.1) is 0 Å². The lowest BCUT2D eigenvalue weighted by Crippen LogP contribution is -2.60. The molecule has 2 rings (SSSR count). The number of aliphatic hydroxyl groups excluding tert-OH is 2. The van der Waals surface area contributed by atoms with Crippen molar-refractivity contribution < 1.29 is 28.9 Å². The highest BCUT2D eigenvalue weighted by molar-refractivity contribution is 5.81. The van der Waals surface area contributed by atoms with Crippen molar-refractivity contribution in [2.45, 2.75) is 87.1 Å². The number of hydrogen-bond acceptors (Lipinski definition) is 10. The Kier molecular flexibility index (Phi) is 11.0. The van der Waals surface area contributed by atoms with Crippen LogP contribution in [0, 0.1) is 0 Å².